The average molecular weight is 343 g/mol. The van der Waals surface area contributed by atoms with Crippen LogP contribution in [0.1, 0.15) is 22.7 Å². The summed E-state index contributed by atoms with van der Waals surface area (Å²) >= 11 is 9.42. The number of aryl methyl sites for hydroxylation is 1. The summed E-state index contributed by atoms with van der Waals surface area (Å²) in [6.07, 6.45) is 0.435. The molecule has 1 unspecified atom stereocenters. The third-order valence-corrected chi connectivity index (χ3v) is 3.97. The summed E-state index contributed by atoms with van der Waals surface area (Å²) in [5, 5.41) is 0.683. The highest BCUT2D eigenvalue weighted by Crippen LogP contribution is 2.24. The van der Waals surface area contributed by atoms with E-state index in [9.17, 15) is 4.39 Å². The van der Waals surface area contributed by atoms with Crippen LogP contribution in [-0.4, -0.2) is 0 Å². The Morgan fingerprint density at radius 3 is 2.68 bits per heavy atom. The fraction of sp³-hybridized carbons (Fsp3) is 0.200. The first-order valence-electron chi connectivity index (χ1n) is 5.93. The minimum Gasteiger partial charge on any atom is -0.324 e. The molecule has 0 aliphatic heterocycles. The maximum Gasteiger partial charge on any atom is 0.126 e. The second-order valence-corrected chi connectivity index (χ2v) is 5.88. The molecule has 0 saturated carbocycles. The first-order valence-corrected chi connectivity index (χ1v) is 7.10. The van der Waals surface area contributed by atoms with Gasteiger partial charge in [-0.25, -0.2) is 4.39 Å². The van der Waals surface area contributed by atoms with E-state index >= 15 is 0 Å². The van der Waals surface area contributed by atoms with Crippen molar-refractivity contribution >= 4 is 27.5 Å². The predicted molar refractivity (Wildman–Crippen MR) is 80.9 cm³/mol. The van der Waals surface area contributed by atoms with Crippen LogP contribution >= 0.6 is 27.5 Å². The smallest absolute Gasteiger partial charge is 0.126 e. The molecular weight excluding hydrogens is 329 g/mol. The SMILES string of the molecule is Cc1ccc(C(N)Cc2cc(Br)ccc2F)cc1Cl. The molecular formula is C15H14BrClFN. The highest BCUT2D eigenvalue weighted by Gasteiger charge is 2.12. The van der Waals surface area contributed by atoms with Crippen molar-refractivity contribution in [3.05, 3.63) is 68.4 Å². The fourth-order valence-electron chi connectivity index (χ4n) is 1.89. The lowest BCUT2D eigenvalue weighted by Crippen LogP contribution is -2.14. The molecule has 0 saturated heterocycles. The summed E-state index contributed by atoms with van der Waals surface area (Å²) in [4.78, 5) is 0. The maximum atomic E-state index is 13.7. The lowest BCUT2D eigenvalue weighted by Gasteiger charge is -2.14. The number of rotatable bonds is 3. The first-order chi connectivity index (χ1) is 8.97. The van der Waals surface area contributed by atoms with Crippen LogP contribution in [0.3, 0.4) is 0 Å². The Labute approximate surface area is 125 Å². The van der Waals surface area contributed by atoms with E-state index in [1.54, 1.807) is 12.1 Å². The molecule has 19 heavy (non-hydrogen) atoms. The Bertz CT molecular complexity index is 601. The zero-order valence-corrected chi connectivity index (χ0v) is 12.8. The van der Waals surface area contributed by atoms with Gasteiger partial charge in [0.2, 0.25) is 0 Å². The van der Waals surface area contributed by atoms with Gasteiger partial charge in [-0.15, -0.1) is 0 Å². The molecule has 0 aromatic heterocycles. The highest BCUT2D eigenvalue weighted by atomic mass is 79.9. The van der Waals surface area contributed by atoms with Crippen LogP contribution in [0, 0.1) is 12.7 Å². The average Bonchev–Trinajstić information content (AvgIpc) is 2.37. The van der Waals surface area contributed by atoms with Gasteiger partial charge in [0.1, 0.15) is 5.82 Å². The number of halogens is 3. The van der Waals surface area contributed by atoms with E-state index in [1.165, 1.54) is 6.07 Å². The van der Waals surface area contributed by atoms with Gasteiger partial charge in [0.05, 0.1) is 0 Å². The molecule has 0 heterocycles. The van der Waals surface area contributed by atoms with E-state index in [0.717, 1.165) is 15.6 Å². The van der Waals surface area contributed by atoms with Crippen LogP contribution in [-0.2, 0) is 6.42 Å². The predicted octanol–water partition coefficient (Wildman–Crippen LogP) is 4.79. The van der Waals surface area contributed by atoms with Crippen LogP contribution in [0.4, 0.5) is 4.39 Å². The Hall–Kier alpha value is -0.900. The topological polar surface area (TPSA) is 26.0 Å². The number of hydrogen-bond donors (Lipinski definition) is 1. The maximum absolute atomic E-state index is 13.7. The largest absolute Gasteiger partial charge is 0.324 e. The Morgan fingerprint density at radius 1 is 1.26 bits per heavy atom. The summed E-state index contributed by atoms with van der Waals surface area (Å²) in [7, 11) is 0. The lowest BCUT2D eigenvalue weighted by molar-refractivity contribution is 0.593. The van der Waals surface area contributed by atoms with Crippen LogP contribution in [0.25, 0.3) is 0 Å². The Balaban J connectivity index is 2.22. The second-order valence-electron chi connectivity index (χ2n) is 4.55. The molecule has 2 rings (SSSR count). The van der Waals surface area contributed by atoms with Crippen molar-refractivity contribution in [1.82, 2.24) is 0 Å². The minimum atomic E-state index is -0.276. The van der Waals surface area contributed by atoms with E-state index in [2.05, 4.69) is 15.9 Å². The Morgan fingerprint density at radius 2 is 2.00 bits per heavy atom. The summed E-state index contributed by atoms with van der Waals surface area (Å²) in [6.45, 7) is 1.94. The van der Waals surface area contributed by atoms with Gasteiger partial charge < -0.3 is 5.73 Å². The fourth-order valence-corrected chi connectivity index (χ4v) is 2.49. The highest BCUT2D eigenvalue weighted by molar-refractivity contribution is 9.10. The summed E-state index contributed by atoms with van der Waals surface area (Å²) in [5.74, 6) is -0.239. The second kappa shape index (κ2) is 6.04. The molecule has 0 bridgehead atoms. The van der Waals surface area contributed by atoms with E-state index in [-0.39, 0.29) is 11.9 Å². The molecule has 0 aliphatic carbocycles. The van der Waals surface area contributed by atoms with Crippen molar-refractivity contribution < 1.29 is 4.39 Å². The van der Waals surface area contributed by atoms with E-state index in [0.29, 0.717) is 17.0 Å². The van der Waals surface area contributed by atoms with Crippen molar-refractivity contribution in [3.63, 3.8) is 0 Å². The molecule has 0 radical (unpaired) electrons. The van der Waals surface area contributed by atoms with Gasteiger partial charge in [0.15, 0.2) is 0 Å². The number of nitrogens with two attached hydrogens (primary N) is 1. The number of benzene rings is 2. The van der Waals surface area contributed by atoms with Gasteiger partial charge in [0.25, 0.3) is 0 Å². The zero-order chi connectivity index (χ0) is 14.0. The molecule has 0 spiro atoms. The first kappa shape index (κ1) is 14.5. The molecule has 0 aliphatic rings. The van der Waals surface area contributed by atoms with Crippen molar-refractivity contribution in [2.45, 2.75) is 19.4 Å². The van der Waals surface area contributed by atoms with Gasteiger partial charge in [-0.1, -0.05) is 39.7 Å². The van der Waals surface area contributed by atoms with Crippen LogP contribution < -0.4 is 5.73 Å². The van der Waals surface area contributed by atoms with E-state index < -0.39 is 0 Å². The quantitative estimate of drug-likeness (QED) is 0.852. The minimum absolute atomic E-state index is 0.239. The van der Waals surface area contributed by atoms with Gasteiger partial charge in [0, 0.05) is 15.5 Å². The number of hydrogen-bond acceptors (Lipinski definition) is 1. The Kier molecular flexibility index (Phi) is 4.61. The van der Waals surface area contributed by atoms with Gasteiger partial charge in [-0.05, 0) is 54.3 Å². The molecule has 1 atom stereocenters. The van der Waals surface area contributed by atoms with Crippen molar-refractivity contribution in [2.75, 3.05) is 0 Å². The standard InChI is InChI=1S/C15H14BrClFN/c1-9-2-3-10(7-13(9)17)15(19)8-11-6-12(16)4-5-14(11)18/h2-7,15H,8,19H2,1H3. The molecule has 0 amide bonds. The van der Waals surface area contributed by atoms with Crippen molar-refractivity contribution in [2.24, 2.45) is 5.73 Å². The lowest BCUT2D eigenvalue weighted by atomic mass is 9.98. The molecule has 0 fully saturated rings. The monoisotopic (exact) mass is 341 g/mol. The normalized spacial score (nSPS) is 12.5. The van der Waals surface area contributed by atoms with E-state index in [1.807, 2.05) is 25.1 Å². The molecule has 1 nitrogen and oxygen atoms in total. The zero-order valence-electron chi connectivity index (χ0n) is 10.5. The van der Waals surface area contributed by atoms with Crippen LogP contribution in [0.15, 0.2) is 40.9 Å². The summed E-state index contributed by atoms with van der Waals surface area (Å²) < 4.78 is 14.5. The van der Waals surface area contributed by atoms with Crippen molar-refractivity contribution in [1.29, 1.82) is 0 Å². The van der Waals surface area contributed by atoms with Gasteiger partial charge in [-0.2, -0.15) is 0 Å². The van der Waals surface area contributed by atoms with Crippen LogP contribution in [0.5, 0.6) is 0 Å². The van der Waals surface area contributed by atoms with E-state index in [4.69, 9.17) is 17.3 Å². The van der Waals surface area contributed by atoms with Gasteiger partial charge >= 0.3 is 0 Å². The van der Waals surface area contributed by atoms with Gasteiger partial charge in [-0.3, -0.25) is 0 Å². The molecule has 4 heteroatoms. The molecule has 100 valence electrons. The summed E-state index contributed by atoms with van der Waals surface area (Å²) in [6, 6.07) is 10.3. The molecule has 2 aromatic carbocycles. The third-order valence-electron chi connectivity index (χ3n) is 3.07. The molecule has 2 N–H and O–H groups in total. The molecule has 2 aromatic rings. The third kappa shape index (κ3) is 3.56. The van der Waals surface area contributed by atoms with Crippen LogP contribution in [0.2, 0.25) is 5.02 Å². The summed E-state index contributed by atoms with van der Waals surface area (Å²) in [5.41, 5.74) is 8.64. The van der Waals surface area contributed by atoms with Crippen molar-refractivity contribution in [3.8, 4) is 0 Å².